The molecule has 0 aromatic carbocycles. The zero-order chi connectivity index (χ0) is 15.6. The molecule has 0 spiro atoms. The molecule has 0 saturated heterocycles. The van der Waals surface area contributed by atoms with Crippen molar-refractivity contribution in [3.8, 4) is 0 Å². The molecule has 5 nitrogen and oxygen atoms in total. The fourth-order valence-corrected chi connectivity index (χ4v) is 3.60. The van der Waals surface area contributed by atoms with Gasteiger partial charge < -0.3 is 9.05 Å². The zero-order valence-corrected chi connectivity index (χ0v) is 13.7. The van der Waals surface area contributed by atoms with Crippen LogP contribution in [0, 0.1) is 0 Å². The third-order valence-electron chi connectivity index (χ3n) is 2.93. The Morgan fingerprint density at radius 3 is 2.48 bits per heavy atom. The number of hydrogen-bond acceptors (Lipinski definition) is 5. The molecule has 6 heteroatoms. The first-order valence-corrected chi connectivity index (χ1v) is 9.12. The average Bonchev–Trinajstić information content (AvgIpc) is 2.47. The number of aryl methyl sites for hydroxylation is 1. The van der Waals surface area contributed by atoms with Gasteiger partial charge in [0.1, 0.15) is 5.78 Å². The third kappa shape index (κ3) is 7.51. The SMILES string of the molecule is CCOP(=O)(CCC(=O)CCCc1ccccn1)OCC. The Morgan fingerprint density at radius 2 is 1.90 bits per heavy atom. The van der Waals surface area contributed by atoms with Crippen LogP contribution in [-0.4, -0.2) is 30.1 Å². The van der Waals surface area contributed by atoms with Crippen molar-refractivity contribution in [1.29, 1.82) is 0 Å². The second-order valence-electron chi connectivity index (χ2n) is 4.63. The van der Waals surface area contributed by atoms with Gasteiger partial charge in [0.05, 0.1) is 19.4 Å². The van der Waals surface area contributed by atoms with Gasteiger partial charge in [-0.1, -0.05) is 6.07 Å². The van der Waals surface area contributed by atoms with Crippen LogP contribution in [0.15, 0.2) is 24.4 Å². The molecule has 0 atom stereocenters. The summed E-state index contributed by atoms with van der Waals surface area (Å²) in [6.07, 6.45) is 4.15. The Morgan fingerprint density at radius 1 is 1.19 bits per heavy atom. The van der Waals surface area contributed by atoms with Gasteiger partial charge in [-0.05, 0) is 38.8 Å². The Hall–Kier alpha value is -1.03. The van der Waals surface area contributed by atoms with Crippen LogP contribution in [-0.2, 0) is 24.8 Å². The lowest BCUT2D eigenvalue weighted by Gasteiger charge is -2.16. The van der Waals surface area contributed by atoms with Gasteiger partial charge in [-0.15, -0.1) is 0 Å². The van der Waals surface area contributed by atoms with Crippen LogP contribution in [0.4, 0.5) is 0 Å². The van der Waals surface area contributed by atoms with E-state index >= 15 is 0 Å². The van der Waals surface area contributed by atoms with Crippen LogP contribution < -0.4 is 0 Å². The highest BCUT2D eigenvalue weighted by Gasteiger charge is 2.24. The van der Waals surface area contributed by atoms with Crippen molar-refractivity contribution in [3.63, 3.8) is 0 Å². The van der Waals surface area contributed by atoms with Crippen LogP contribution in [0.3, 0.4) is 0 Å². The van der Waals surface area contributed by atoms with Crippen LogP contribution in [0.2, 0.25) is 0 Å². The molecule has 0 bridgehead atoms. The molecule has 0 unspecified atom stereocenters. The number of nitrogens with zero attached hydrogens (tertiary/aromatic N) is 1. The summed E-state index contributed by atoms with van der Waals surface area (Å²) in [5, 5.41) is 0. The van der Waals surface area contributed by atoms with Crippen LogP contribution in [0.5, 0.6) is 0 Å². The maximum Gasteiger partial charge on any atom is 0.331 e. The minimum Gasteiger partial charge on any atom is -0.309 e. The van der Waals surface area contributed by atoms with Crippen LogP contribution in [0.25, 0.3) is 0 Å². The fraction of sp³-hybridized carbons (Fsp3) is 0.600. The van der Waals surface area contributed by atoms with Gasteiger partial charge in [-0.2, -0.15) is 0 Å². The summed E-state index contributed by atoms with van der Waals surface area (Å²) in [7, 11) is -3.10. The van der Waals surface area contributed by atoms with Gasteiger partial charge in [0.15, 0.2) is 0 Å². The van der Waals surface area contributed by atoms with E-state index in [0.717, 1.165) is 18.5 Å². The monoisotopic (exact) mass is 313 g/mol. The first kappa shape index (κ1) is 18.0. The number of Topliss-reactive ketones (excluding diaryl/α,β-unsaturated/α-hetero) is 1. The van der Waals surface area contributed by atoms with Crippen molar-refractivity contribution in [2.24, 2.45) is 0 Å². The lowest BCUT2D eigenvalue weighted by atomic mass is 10.1. The molecule has 1 rings (SSSR count). The second-order valence-corrected chi connectivity index (χ2v) is 6.82. The summed E-state index contributed by atoms with van der Waals surface area (Å²) in [6, 6.07) is 5.75. The van der Waals surface area contributed by atoms with E-state index in [9.17, 15) is 9.36 Å². The van der Waals surface area contributed by atoms with E-state index in [2.05, 4.69) is 4.98 Å². The molecule has 21 heavy (non-hydrogen) atoms. The van der Waals surface area contributed by atoms with E-state index in [4.69, 9.17) is 9.05 Å². The molecule has 0 aliphatic rings. The fourth-order valence-electron chi connectivity index (χ4n) is 1.96. The summed E-state index contributed by atoms with van der Waals surface area (Å²) in [6.45, 7) is 4.18. The molecule has 0 N–H and O–H groups in total. The summed E-state index contributed by atoms with van der Waals surface area (Å²) in [4.78, 5) is 16.0. The van der Waals surface area contributed by atoms with E-state index in [1.165, 1.54) is 0 Å². The molecular formula is C15H24NO4P. The first-order valence-electron chi connectivity index (χ1n) is 7.39. The maximum atomic E-state index is 12.2. The summed E-state index contributed by atoms with van der Waals surface area (Å²) >= 11 is 0. The predicted molar refractivity (Wildman–Crippen MR) is 82.5 cm³/mol. The van der Waals surface area contributed by atoms with Crippen molar-refractivity contribution in [2.45, 2.75) is 39.5 Å². The van der Waals surface area contributed by atoms with Gasteiger partial charge in [0.2, 0.25) is 0 Å². The Kier molecular flexibility index (Phi) is 8.43. The Balaban J connectivity index is 2.28. The number of carbonyl (C=O) groups is 1. The molecule has 0 saturated carbocycles. The predicted octanol–water partition coefficient (Wildman–Crippen LogP) is 3.63. The molecule has 118 valence electrons. The van der Waals surface area contributed by atoms with Gasteiger partial charge in [0.25, 0.3) is 0 Å². The van der Waals surface area contributed by atoms with Crippen molar-refractivity contribution < 1.29 is 18.4 Å². The van der Waals surface area contributed by atoms with Crippen LogP contribution in [0.1, 0.15) is 38.8 Å². The van der Waals surface area contributed by atoms with Crippen molar-refractivity contribution in [2.75, 3.05) is 19.4 Å². The summed E-state index contributed by atoms with van der Waals surface area (Å²) in [5.74, 6) is 0.0885. The first-order chi connectivity index (χ1) is 10.1. The largest absolute Gasteiger partial charge is 0.331 e. The lowest BCUT2D eigenvalue weighted by Crippen LogP contribution is -2.06. The van der Waals surface area contributed by atoms with Gasteiger partial charge in [-0.25, -0.2) is 0 Å². The molecule has 1 heterocycles. The smallest absolute Gasteiger partial charge is 0.309 e. The quantitative estimate of drug-likeness (QED) is 0.584. The van der Waals surface area contributed by atoms with Gasteiger partial charge >= 0.3 is 7.60 Å². The van der Waals surface area contributed by atoms with E-state index in [0.29, 0.717) is 19.6 Å². The van der Waals surface area contributed by atoms with Crippen molar-refractivity contribution in [1.82, 2.24) is 4.98 Å². The zero-order valence-electron chi connectivity index (χ0n) is 12.8. The van der Waals surface area contributed by atoms with E-state index in [-0.39, 0.29) is 18.4 Å². The minimum absolute atomic E-state index is 0.0885. The standard InChI is InChI=1S/C15H24NO4P/c1-3-19-21(18,20-4-2)13-11-15(17)10-7-9-14-8-5-6-12-16-14/h5-6,8,12H,3-4,7,9-11,13H2,1-2H3. The summed E-state index contributed by atoms with van der Waals surface area (Å²) in [5.41, 5.74) is 0.986. The highest BCUT2D eigenvalue weighted by Crippen LogP contribution is 2.48. The molecule has 1 aromatic rings. The molecule has 0 amide bonds. The highest BCUT2D eigenvalue weighted by atomic mass is 31.2. The number of carbonyl (C=O) groups excluding carboxylic acids is 1. The molecule has 0 aliphatic carbocycles. The van der Waals surface area contributed by atoms with E-state index in [1.54, 1.807) is 20.0 Å². The molecular weight excluding hydrogens is 289 g/mol. The normalized spacial score (nSPS) is 11.5. The lowest BCUT2D eigenvalue weighted by molar-refractivity contribution is -0.118. The topological polar surface area (TPSA) is 65.5 Å². The van der Waals surface area contributed by atoms with E-state index < -0.39 is 7.60 Å². The molecule has 0 aliphatic heterocycles. The highest BCUT2D eigenvalue weighted by molar-refractivity contribution is 7.53. The molecule has 0 fully saturated rings. The van der Waals surface area contributed by atoms with Crippen LogP contribution >= 0.6 is 7.60 Å². The molecule has 1 aromatic heterocycles. The number of pyridine rings is 1. The second kappa shape index (κ2) is 9.82. The van der Waals surface area contributed by atoms with Gasteiger partial charge in [-0.3, -0.25) is 14.3 Å². The van der Waals surface area contributed by atoms with Gasteiger partial charge in [0, 0.05) is 24.7 Å². The summed E-state index contributed by atoms with van der Waals surface area (Å²) < 4.78 is 22.5. The number of aromatic nitrogens is 1. The third-order valence-corrected chi connectivity index (χ3v) is 5.01. The Bertz CT molecular complexity index is 454. The van der Waals surface area contributed by atoms with Crippen molar-refractivity contribution in [3.05, 3.63) is 30.1 Å². The number of rotatable bonds is 11. The van der Waals surface area contributed by atoms with Crippen molar-refractivity contribution >= 4 is 13.4 Å². The average molecular weight is 313 g/mol. The maximum absolute atomic E-state index is 12.2. The van der Waals surface area contributed by atoms with E-state index in [1.807, 2.05) is 18.2 Å². The number of ketones is 1. The Labute approximate surface area is 126 Å². The minimum atomic E-state index is -3.10. The molecule has 0 radical (unpaired) electrons. The number of hydrogen-bond donors (Lipinski definition) is 0.